The molecule has 1 aromatic heterocycles. The maximum Gasteiger partial charge on any atom is 0.248 e. The second kappa shape index (κ2) is 5.66. The molecule has 0 aliphatic heterocycles. The van der Waals surface area contributed by atoms with Crippen molar-refractivity contribution in [3.63, 3.8) is 0 Å². The van der Waals surface area contributed by atoms with Crippen LogP contribution in [0, 0.1) is 6.92 Å². The van der Waals surface area contributed by atoms with Gasteiger partial charge in [0, 0.05) is 19.2 Å². The van der Waals surface area contributed by atoms with E-state index in [4.69, 9.17) is 5.73 Å². The van der Waals surface area contributed by atoms with Crippen LogP contribution in [0.25, 0.3) is 0 Å². The van der Waals surface area contributed by atoms with E-state index in [0.717, 1.165) is 5.56 Å². The minimum atomic E-state index is -3.60. The maximum atomic E-state index is 12.4. The van der Waals surface area contributed by atoms with E-state index >= 15 is 0 Å². The highest BCUT2D eigenvalue weighted by atomic mass is 32.2. The van der Waals surface area contributed by atoms with E-state index < -0.39 is 15.9 Å². The average Bonchev–Trinajstić information content (AvgIpc) is 2.86. The van der Waals surface area contributed by atoms with Crippen molar-refractivity contribution < 1.29 is 13.2 Å². The summed E-state index contributed by atoms with van der Waals surface area (Å²) in [5.74, 6) is -0.517. The van der Waals surface area contributed by atoms with E-state index in [-0.39, 0.29) is 11.4 Å². The van der Waals surface area contributed by atoms with E-state index in [0.29, 0.717) is 11.3 Å². The summed E-state index contributed by atoms with van der Waals surface area (Å²) in [5.41, 5.74) is 6.79. The third kappa shape index (κ3) is 3.11. The van der Waals surface area contributed by atoms with Gasteiger partial charge in [-0.25, -0.2) is 8.42 Å². The van der Waals surface area contributed by atoms with Crippen LogP contribution in [0.1, 0.15) is 21.6 Å². The van der Waals surface area contributed by atoms with Gasteiger partial charge < -0.3 is 5.73 Å². The Morgan fingerprint density at radius 1 is 1.33 bits per heavy atom. The topological polar surface area (TPSA) is 109 Å². The molecule has 0 aliphatic rings. The predicted octanol–water partition coefficient (Wildman–Crippen LogP) is 0.638. The van der Waals surface area contributed by atoms with Crippen LogP contribution < -0.4 is 5.73 Å². The Hall–Kier alpha value is -2.19. The molecule has 1 aromatic carbocycles. The largest absolute Gasteiger partial charge is 0.366 e. The maximum absolute atomic E-state index is 12.4. The number of hydrogen-bond donors (Lipinski definition) is 2. The summed E-state index contributed by atoms with van der Waals surface area (Å²) in [7, 11) is -2.11. The van der Waals surface area contributed by atoms with Gasteiger partial charge in [0.2, 0.25) is 15.9 Å². The molecule has 0 saturated heterocycles. The van der Waals surface area contributed by atoms with Gasteiger partial charge in [0.15, 0.2) is 0 Å². The van der Waals surface area contributed by atoms with Gasteiger partial charge in [-0.1, -0.05) is 12.1 Å². The molecule has 112 valence electrons. The highest BCUT2D eigenvalue weighted by molar-refractivity contribution is 7.89. The van der Waals surface area contributed by atoms with Crippen molar-refractivity contribution >= 4 is 15.9 Å². The number of carbonyl (C=O) groups is 1. The number of carbonyl (C=O) groups excluding carboxylic acids is 1. The Morgan fingerprint density at radius 2 is 1.95 bits per heavy atom. The summed E-state index contributed by atoms with van der Waals surface area (Å²) in [6, 6.07) is 6.49. The number of nitrogens with zero attached hydrogens (tertiary/aromatic N) is 2. The minimum Gasteiger partial charge on any atom is -0.366 e. The van der Waals surface area contributed by atoms with Gasteiger partial charge in [0.25, 0.3) is 0 Å². The first-order chi connectivity index (χ1) is 9.82. The average molecular weight is 308 g/mol. The number of primary amides is 1. The zero-order chi connectivity index (χ0) is 15.6. The lowest BCUT2D eigenvalue weighted by Crippen LogP contribution is -2.26. The van der Waals surface area contributed by atoms with Crippen LogP contribution >= 0.6 is 0 Å². The molecular formula is C13H16N4O3S. The first kappa shape index (κ1) is 15.2. The van der Waals surface area contributed by atoms with Crippen molar-refractivity contribution in [2.45, 2.75) is 18.4 Å². The number of sulfonamides is 1. The predicted molar refractivity (Wildman–Crippen MR) is 76.9 cm³/mol. The quantitative estimate of drug-likeness (QED) is 0.844. The number of aromatic nitrogens is 2. The molecule has 0 saturated carbocycles. The molecule has 1 heterocycles. The van der Waals surface area contributed by atoms with Gasteiger partial charge in [0.05, 0.1) is 11.9 Å². The Morgan fingerprint density at radius 3 is 2.43 bits per heavy atom. The van der Waals surface area contributed by atoms with Crippen molar-refractivity contribution in [2.75, 3.05) is 7.05 Å². The summed E-state index contributed by atoms with van der Waals surface area (Å²) in [5, 5.41) is 6.33. The summed E-state index contributed by atoms with van der Waals surface area (Å²) in [4.78, 5) is 11.1. The minimum absolute atomic E-state index is 0.152. The lowest BCUT2D eigenvalue weighted by molar-refractivity contribution is 0.1000. The zero-order valence-corrected chi connectivity index (χ0v) is 12.5. The number of hydrogen-bond acceptors (Lipinski definition) is 4. The molecule has 0 fully saturated rings. The Kier molecular flexibility index (Phi) is 4.10. The zero-order valence-electron chi connectivity index (χ0n) is 11.7. The number of rotatable bonds is 5. The number of nitrogens with two attached hydrogens (primary N) is 1. The number of H-pyrrole nitrogens is 1. The van der Waals surface area contributed by atoms with Crippen molar-refractivity contribution in [1.29, 1.82) is 0 Å². The van der Waals surface area contributed by atoms with Crippen molar-refractivity contribution in [3.8, 4) is 0 Å². The molecule has 0 aliphatic carbocycles. The summed E-state index contributed by atoms with van der Waals surface area (Å²) < 4.78 is 26.0. The van der Waals surface area contributed by atoms with E-state index in [1.165, 1.54) is 17.5 Å². The van der Waals surface area contributed by atoms with Gasteiger partial charge in [0.1, 0.15) is 4.90 Å². The third-order valence-electron chi connectivity index (χ3n) is 3.12. The summed E-state index contributed by atoms with van der Waals surface area (Å²) in [6.07, 6.45) is 1.29. The first-order valence-corrected chi connectivity index (χ1v) is 7.61. The first-order valence-electron chi connectivity index (χ1n) is 6.17. The second-order valence-corrected chi connectivity index (χ2v) is 6.69. The molecule has 0 radical (unpaired) electrons. The smallest absolute Gasteiger partial charge is 0.248 e. The van der Waals surface area contributed by atoms with Crippen molar-refractivity contribution in [1.82, 2.24) is 14.5 Å². The molecule has 21 heavy (non-hydrogen) atoms. The van der Waals surface area contributed by atoms with E-state index in [1.807, 2.05) is 0 Å². The van der Waals surface area contributed by atoms with E-state index in [9.17, 15) is 13.2 Å². The monoisotopic (exact) mass is 308 g/mol. The Labute approximate surface area is 122 Å². The molecule has 0 bridgehead atoms. The van der Waals surface area contributed by atoms with E-state index in [1.54, 1.807) is 31.2 Å². The fourth-order valence-electron chi connectivity index (χ4n) is 1.88. The lowest BCUT2D eigenvalue weighted by Gasteiger charge is -2.16. The van der Waals surface area contributed by atoms with Gasteiger partial charge in [-0.15, -0.1) is 0 Å². The van der Waals surface area contributed by atoms with Crippen LogP contribution in [0.3, 0.4) is 0 Å². The molecule has 7 nitrogen and oxygen atoms in total. The molecule has 8 heteroatoms. The van der Waals surface area contributed by atoms with Gasteiger partial charge in [-0.3, -0.25) is 9.89 Å². The molecule has 0 atom stereocenters. The fraction of sp³-hybridized carbons (Fsp3) is 0.231. The SMILES string of the molecule is Cc1[nH]ncc1S(=O)(=O)N(C)Cc1ccc(C(N)=O)cc1. The molecule has 0 unspecified atom stereocenters. The third-order valence-corrected chi connectivity index (χ3v) is 5.03. The number of aryl methyl sites for hydroxylation is 1. The Bertz CT molecular complexity index is 750. The number of benzene rings is 1. The molecule has 0 spiro atoms. The number of nitrogens with one attached hydrogen (secondary N) is 1. The summed E-state index contributed by atoms with van der Waals surface area (Å²) in [6.45, 7) is 1.83. The van der Waals surface area contributed by atoms with Crippen LogP contribution in [-0.4, -0.2) is 35.9 Å². The van der Waals surface area contributed by atoms with Crippen LogP contribution in [0.5, 0.6) is 0 Å². The highest BCUT2D eigenvalue weighted by Gasteiger charge is 2.24. The van der Waals surface area contributed by atoms with Crippen molar-refractivity contribution in [2.24, 2.45) is 5.73 Å². The second-order valence-electron chi connectivity index (χ2n) is 4.68. The Balaban J connectivity index is 2.19. The number of aromatic amines is 1. The van der Waals surface area contributed by atoms with E-state index in [2.05, 4.69) is 10.2 Å². The van der Waals surface area contributed by atoms with Crippen LogP contribution in [0.2, 0.25) is 0 Å². The summed E-state index contributed by atoms with van der Waals surface area (Å²) >= 11 is 0. The molecule has 1 amide bonds. The number of amides is 1. The fourth-order valence-corrected chi connectivity index (χ4v) is 3.16. The van der Waals surface area contributed by atoms with Gasteiger partial charge >= 0.3 is 0 Å². The van der Waals surface area contributed by atoms with Gasteiger partial charge in [-0.05, 0) is 24.6 Å². The van der Waals surface area contributed by atoms with Crippen molar-refractivity contribution in [3.05, 3.63) is 47.3 Å². The lowest BCUT2D eigenvalue weighted by atomic mass is 10.1. The molecule has 3 N–H and O–H groups in total. The van der Waals surface area contributed by atoms with Crippen LogP contribution in [-0.2, 0) is 16.6 Å². The highest BCUT2D eigenvalue weighted by Crippen LogP contribution is 2.18. The normalized spacial score (nSPS) is 11.8. The van der Waals surface area contributed by atoms with Gasteiger partial charge in [-0.2, -0.15) is 9.40 Å². The molecule has 2 rings (SSSR count). The van der Waals surface area contributed by atoms with Crippen LogP contribution in [0.15, 0.2) is 35.4 Å². The van der Waals surface area contributed by atoms with Crippen LogP contribution in [0.4, 0.5) is 0 Å². The molecular weight excluding hydrogens is 292 g/mol. The standard InChI is InChI=1S/C13H16N4O3S/c1-9-12(7-15-16-9)21(19,20)17(2)8-10-3-5-11(6-4-10)13(14)18/h3-7H,8H2,1-2H3,(H2,14,18)(H,15,16). The molecule has 2 aromatic rings.